The van der Waals surface area contributed by atoms with Crippen molar-refractivity contribution in [3.63, 3.8) is 0 Å². The molecule has 1 aromatic heterocycles. The zero-order valence-electron chi connectivity index (χ0n) is 18.2. The number of methoxy groups -OCH3 is 1. The van der Waals surface area contributed by atoms with Gasteiger partial charge in [-0.25, -0.2) is 0 Å². The zero-order chi connectivity index (χ0) is 23.2. The van der Waals surface area contributed by atoms with Crippen LogP contribution in [0.2, 0.25) is 0 Å². The van der Waals surface area contributed by atoms with Crippen LogP contribution in [0.3, 0.4) is 0 Å². The molecule has 0 unspecified atom stereocenters. The molecule has 2 amide bonds. The highest BCUT2D eigenvalue weighted by Gasteiger charge is 2.23. The van der Waals surface area contributed by atoms with Gasteiger partial charge in [0.25, 0.3) is 5.91 Å². The number of carbonyl (C=O) groups excluding carboxylic acids is 2. The van der Waals surface area contributed by atoms with Gasteiger partial charge in [0.15, 0.2) is 5.76 Å². The number of halogens is 1. The van der Waals surface area contributed by atoms with Crippen LogP contribution in [0.25, 0.3) is 6.08 Å². The van der Waals surface area contributed by atoms with E-state index in [1.165, 1.54) is 12.3 Å². The molecule has 1 aliphatic rings. The molecule has 1 aliphatic heterocycles. The van der Waals surface area contributed by atoms with Crippen LogP contribution < -0.4 is 15.0 Å². The number of hydrogen-bond donors (Lipinski definition) is 1. The molecule has 0 bridgehead atoms. The van der Waals surface area contributed by atoms with Crippen LogP contribution in [0.15, 0.2) is 75.8 Å². The van der Waals surface area contributed by atoms with Crippen LogP contribution in [0.4, 0.5) is 11.4 Å². The minimum atomic E-state index is -0.227. The van der Waals surface area contributed by atoms with Crippen LogP contribution in [0, 0.1) is 0 Å². The fourth-order valence-electron chi connectivity index (χ4n) is 3.66. The highest BCUT2D eigenvalue weighted by molar-refractivity contribution is 9.10. The number of piperazine rings is 1. The summed E-state index contributed by atoms with van der Waals surface area (Å²) < 4.78 is 11.4. The Labute approximate surface area is 200 Å². The van der Waals surface area contributed by atoms with Gasteiger partial charge in [0.05, 0.1) is 13.4 Å². The predicted molar refractivity (Wildman–Crippen MR) is 132 cm³/mol. The second kappa shape index (κ2) is 10.4. The van der Waals surface area contributed by atoms with Crippen molar-refractivity contribution in [3.05, 3.63) is 82.7 Å². The van der Waals surface area contributed by atoms with E-state index in [1.54, 1.807) is 30.2 Å². The first-order valence-corrected chi connectivity index (χ1v) is 11.3. The number of rotatable bonds is 6. The largest absolute Gasteiger partial charge is 0.496 e. The Morgan fingerprint density at radius 3 is 2.48 bits per heavy atom. The number of amides is 2. The van der Waals surface area contributed by atoms with E-state index in [0.717, 1.165) is 28.8 Å². The predicted octanol–water partition coefficient (Wildman–Crippen LogP) is 4.67. The van der Waals surface area contributed by atoms with Crippen molar-refractivity contribution in [1.29, 1.82) is 0 Å². The molecule has 0 aliphatic carbocycles. The Balaban J connectivity index is 1.31. The standard InChI is InChI=1S/C25H24BrN3O4/c1-32-22-10-5-19(26)17-18(22)4-11-24(30)27-20-6-8-21(9-7-20)28-12-14-29(15-13-28)25(31)23-3-2-16-33-23/h2-11,16-17H,12-15H2,1H3,(H,27,30). The summed E-state index contributed by atoms with van der Waals surface area (Å²) in [7, 11) is 1.60. The van der Waals surface area contributed by atoms with Gasteiger partial charge in [-0.2, -0.15) is 0 Å². The van der Waals surface area contributed by atoms with Crippen molar-refractivity contribution < 1.29 is 18.7 Å². The van der Waals surface area contributed by atoms with E-state index in [2.05, 4.69) is 26.1 Å². The quantitative estimate of drug-likeness (QED) is 0.489. The van der Waals surface area contributed by atoms with Gasteiger partial charge >= 0.3 is 0 Å². The number of nitrogens with one attached hydrogen (secondary N) is 1. The average Bonchev–Trinajstić information content (AvgIpc) is 3.38. The monoisotopic (exact) mass is 509 g/mol. The average molecular weight is 510 g/mol. The molecule has 0 saturated carbocycles. The minimum Gasteiger partial charge on any atom is -0.496 e. The normalized spacial score (nSPS) is 13.9. The molecule has 0 radical (unpaired) electrons. The molecule has 2 aromatic carbocycles. The van der Waals surface area contributed by atoms with Gasteiger partial charge in [0.2, 0.25) is 5.91 Å². The molecule has 33 heavy (non-hydrogen) atoms. The van der Waals surface area contributed by atoms with Gasteiger partial charge in [-0.15, -0.1) is 0 Å². The second-order valence-electron chi connectivity index (χ2n) is 7.51. The first-order chi connectivity index (χ1) is 16.0. The Morgan fingerprint density at radius 2 is 1.82 bits per heavy atom. The maximum atomic E-state index is 12.4. The molecule has 1 saturated heterocycles. The molecule has 1 fully saturated rings. The lowest BCUT2D eigenvalue weighted by atomic mass is 10.2. The molecular formula is C25H24BrN3O4. The molecule has 2 heterocycles. The summed E-state index contributed by atoms with van der Waals surface area (Å²) in [4.78, 5) is 28.8. The SMILES string of the molecule is COc1ccc(Br)cc1C=CC(=O)Nc1ccc(N2CCN(C(=O)c3ccco3)CC2)cc1. The molecule has 8 heteroatoms. The van der Waals surface area contributed by atoms with E-state index in [9.17, 15) is 9.59 Å². The van der Waals surface area contributed by atoms with Gasteiger partial charge in [-0.1, -0.05) is 15.9 Å². The summed E-state index contributed by atoms with van der Waals surface area (Å²) in [5.74, 6) is 0.759. The molecule has 0 spiro atoms. The first kappa shape index (κ1) is 22.7. The number of anilines is 2. The van der Waals surface area contributed by atoms with Crippen molar-refractivity contribution >= 4 is 45.2 Å². The number of hydrogen-bond acceptors (Lipinski definition) is 5. The summed E-state index contributed by atoms with van der Waals surface area (Å²) in [5, 5.41) is 2.87. The van der Waals surface area contributed by atoms with Crippen LogP contribution in [0.5, 0.6) is 5.75 Å². The molecule has 0 atom stereocenters. The maximum Gasteiger partial charge on any atom is 0.289 e. The molecule has 3 aromatic rings. The summed E-state index contributed by atoms with van der Waals surface area (Å²) in [5.41, 5.74) is 2.57. The van der Waals surface area contributed by atoms with Crippen molar-refractivity contribution in [1.82, 2.24) is 4.90 Å². The highest BCUT2D eigenvalue weighted by Crippen LogP contribution is 2.24. The van der Waals surface area contributed by atoms with E-state index < -0.39 is 0 Å². The first-order valence-electron chi connectivity index (χ1n) is 10.5. The Bertz CT molecular complexity index is 1130. The van der Waals surface area contributed by atoms with Gasteiger partial charge in [0, 0.05) is 53.7 Å². The third kappa shape index (κ3) is 5.64. The van der Waals surface area contributed by atoms with Gasteiger partial charge in [-0.3, -0.25) is 9.59 Å². The van der Waals surface area contributed by atoms with Crippen LogP contribution in [-0.2, 0) is 4.79 Å². The topological polar surface area (TPSA) is 75.0 Å². The molecule has 7 nitrogen and oxygen atoms in total. The summed E-state index contributed by atoms with van der Waals surface area (Å²) >= 11 is 3.43. The van der Waals surface area contributed by atoms with E-state index >= 15 is 0 Å². The molecule has 4 rings (SSSR count). The number of ether oxygens (including phenoxy) is 1. The van der Waals surface area contributed by atoms with E-state index in [-0.39, 0.29) is 11.8 Å². The van der Waals surface area contributed by atoms with Gasteiger partial charge < -0.3 is 24.3 Å². The number of nitrogens with zero attached hydrogens (tertiary/aromatic N) is 2. The zero-order valence-corrected chi connectivity index (χ0v) is 19.7. The van der Waals surface area contributed by atoms with E-state index in [1.807, 2.05) is 42.5 Å². The molecule has 1 N–H and O–H groups in total. The van der Waals surface area contributed by atoms with E-state index in [4.69, 9.17) is 9.15 Å². The van der Waals surface area contributed by atoms with Crippen molar-refractivity contribution in [3.8, 4) is 5.75 Å². The Kier molecular flexibility index (Phi) is 7.14. The van der Waals surface area contributed by atoms with Gasteiger partial charge in [-0.05, 0) is 60.7 Å². The minimum absolute atomic E-state index is 0.0776. The molecular weight excluding hydrogens is 486 g/mol. The lowest BCUT2D eigenvalue weighted by Crippen LogP contribution is -2.48. The lowest BCUT2D eigenvalue weighted by Gasteiger charge is -2.35. The van der Waals surface area contributed by atoms with E-state index in [0.29, 0.717) is 30.3 Å². The fraction of sp³-hybridized carbons (Fsp3) is 0.200. The third-order valence-electron chi connectivity index (χ3n) is 5.40. The summed E-state index contributed by atoms with van der Waals surface area (Å²) in [6, 6.07) is 16.7. The highest BCUT2D eigenvalue weighted by atomic mass is 79.9. The smallest absolute Gasteiger partial charge is 0.289 e. The van der Waals surface area contributed by atoms with Crippen molar-refractivity contribution in [2.75, 3.05) is 43.5 Å². The van der Waals surface area contributed by atoms with Crippen LogP contribution in [0.1, 0.15) is 16.1 Å². The van der Waals surface area contributed by atoms with Crippen molar-refractivity contribution in [2.24, 2.45) is 0 Å². The summed E-state index contributed by atoms with van der Waals surface area (Å²) in [6.45, 7) is 2.72. The fourth-order valence-corrected chi connectivity index (χ4v) is 4.04. The Morgan fingerprint density at radius 1 is 1.06 bits per heavy atom. The Hall–Kier alpha value is -3.52. The summed E-state index contributed by atoms with van der Waals surface area (Å²) in [6.07, 6.45) is 4.71. The van der Waals surface area contributed by atoms with Crippen LogP contribution >= 0.6 is 15.9 Å². The number of benzene rings is 2. The number of carbonyl (C=O) groups is 2. The van der Waals surface area contributed by atoms with Gasteiger partial charge in [0.1, 0.15) is 5.75 Å². The third-order valence-corrected chi connectivity index (χ3v) is 5.90. The van der Waals surface area contributed by atoms with Crippen LogP contribution in [-0.4, -0.2) is 50.0 Å². The maximum absolute atomic E-state index is 12.4. The van der Waals surface area contributed by atoms with Crippen molar-refractivity contribution in [2.45, 2.75) is 0 Å². The lowest BCUT2D eigenvalue weighted by molar-refractivity contribution is -0.111. The second-order valence-corrected chi connectivity index (χ2v) is 8.43. The number of furan rings is 1. The molecule has 170 valence electrons.